The van der Waals surface area contributed by atoms with Crippen molar-refractivity contribution in [3.05, 3.63) is 263 Å². The summed E-state index contributed by atoms with van der Waals surface area (Å²) in [5.41, 5.74) is 8.53. The van der Waals surface area contributed by atoms with E-state index in [1.807, 2.05) is 122 Å². The second-order valence-corrected chi connectivity index (χ2v) is 39.3. The molecule has 6 N–H and O–H groups in total. The molecule has 120 heavy (non-hydrogen) atoms. The largest absolute Gasteiger partial charge is 1.00 e. The van der Waals surface area contributed by atoms with Crippen LogP contribution in [0.25, 0.3) is 83.6 Å². The van der Waals surface area contributed by atoms with Crippen LogP contribution in [0.1, 0.15) is 78.0 Å². The zero-order valence-electron chi connectivity index (χ0n) is 66.4. The van der Waals surface area contributed by atoms with Crippen LogP contribution in [0, 0.1) is 24.5 Å². The van der Waals surface area contributed by atoms with Crippen molar-refractivity contribution in [2.45, 2.75) is 114 Å². The van der Waals surface area contributed by atoms with Crippen molar-refractivity contribution in [1.82, 2.24) is 77.0 Å². The predicted octanol–water partition coefficient (Wildman–Crippen LogP) is 16.3. The monoisotopic (exact) mass is 2120 g/mol. The van der Waals surface area contributed by atoms with Crippen molar-refractivity contribution in [1.29, 1.82) is 0 Å². The SMILES string of the molecule is Brc1ccnc2[nH]c(-c3cn[nH]c3)cc12.Brc1ccnc2[nH]ccc12.C1CCOC1.CC(C)(C)OC(=O)n1cc(B2OC(C)(C)C(C)(C)O2)cn1.Cc1ccc(S(=O)(=O)n2c(-c3cn[nH]c3)cc3c(Br)ccnc32)cc1.Cc1ccc(S(=O)(=O)n2c(I)cc3c(Br)ccnc32)cc1.Cc1ccc(S(=O)(=O)n2ccc3c(Br)ccnc32)cc1.[NH-]O.[Na+]. The third-order valence-electron chi connectivity index (χ3n) is 18.4. The quantitative estimate of drug-likeness (QED) is 0.0509. The Morgan fingerprint density at radius 1 is 0.550 bits per heavy atom. The second kappa shape index (κ2) is 40.6. The van der Waals surface area contributed by atoms with E-state index in [-0.39, 0.29) is 44.2 Å². The zero-order chi connectivity index (χ0) is 85.9. The molecule has 620 valence electrons. The standard InChI is InChI=1S/C17H13BrN4O2S.C14H23BN2O4.C14H10BrIN2O2S.C14H11BrN2O2S.C10H7BrN4.C7H5BrN2.C4H8O.H2NO.Na/c1-11-2-4-13(5-3-11)25(23,24)22-16(12-9-20-21-10-12)8-14-15(18)6-7-19-17(14)22;1-12(2,3)19-11(18)17-9-10(8-16-17)15-20-13(4,5)14(6,7)21-15;1-9-2-4-10(5-3-9)21(19,20)18-13(16)8-11-12(15)6-7-17-14(11)18;1-10-2-4-11(5-3-10)20(18,19)17-9-7-12-13(15)6-8-16-14(12)17;11-8-1-2-12-10-7(8)3-9(15-10)6-4-13-14-5-6;8-6-2-4-10-7-5(6)1-3-9-7;1-2-4-5-3-1;1-2;/h2-10H,1H3,(H,20,21);8-9H,1-7H3;2-8H,1H3;2-9H,1H3;1-5H,(H,12,15)(H,13,14);1-4H,(H,9,10);1-4H2;1-2H;/q;;;;;;;-1;+1. The van der Waals surface area contributed by atoms with Gasteiger partial charge in [-0.25, -0.2) is 66.9 Å². The molecule has 0 unspecified atom stereocenters. The second-order valence-electron chi connectivity index (χ2n) is 28.5. The molecule has 40 heteroatoms. The topological polar surface area (TPSA) is 386 Å². The summed E-state index contributed by atoms with van der Waals surface area (Å²) in [6.45, 7) is 21.1. The number of H-pyrrole nitrogens is 4. The summed E-state index contributed by atoms with van der Waals surface area (Å²) in [6.07, 6.45) is 23.7. The molecule has 0 amide bonds. The number of halogens is 6. The molecular weight excluding hydrogens is 2050 g/mol. The van der Waals surface area contributed by atoms with E-state index in [0.29, 0.717) is 37.4 Å². The van der Waals surface area contributed by atoms with Crippen LogP contribution in [0.3, 0.4) is 0 Å². The average Bonchev–Trinajstić information content (AvgIpc) is 1.59. The maximum atomic E-state index is 13.3. The van der Waals surface area contributed by atoms with Crippen molar-refractivity contribution in [3.8, 4) is 22.5 Å². The fourth-order valence-corrected chi connectivity index (χ4v) is 19.1. The molecule has 13 aromatic heterocycles. The smallest absolute Gasteiger partial charge is 0.553 e. The third-order valence-corrected chi connectivity index (χ3v) is 28.1. The van der Waals surface area contributed by atoms with Gasteiger partial charge in [0.15, 0.2) is 16.9 Å². The molecule has 0 radical (unpaired) electrons. The first-order valence-corrected chi connectivity index (χ1v) is 45.6. The Balaban J connectivity index is 0.000000150. The Morgan fingerprint density at radius 3 is 1.48 bits per heavy atom. The summed E-state index contributed by atoms with van der Waals surface area (Å²) in [5, 5.41) is 28.1. The van der Waals surface area contributed by atoms with Gasteiger partial charge in [-0.3, -0.25) is 10.2 Å². The number of aryl methyl sites for hydroxylation is 3. The van der Waals surface area contributed by atoms with Crippen LogP contribution < -0.4 is 35.0 Å². The number of nitrogens with zero attached hydrogens (tertiary/aromatic N) is 12. The molecular formula is C80H79BBr5IN17NaO12S3. The van der Waals surface area contributed by atoms with Gasteiger partial charge in [0.1, 0.15) is 16.9 Å². The molecule has 2 aliphatic heterocycles. The number of benzene rings is 3. The predicted molar refractivity (Wildman–Crippen MR) is 485 cm³/mol. The fraction of sp³-hybridized carbons (Fsp3) is 0.212. The van der Waals surface area contributed by atoms with Gasteiger partial charge in [-0.1, -0.05) is 53.1 Å². The van der Waals surface area contributed by atoms with Crippen LogP contribution in [0.4, 0.5) is 4.79 Å². The van der Waals surface area contributed by atoms with Gasteiger partial charge >= 0.3 is 42.8 Å². The van der Waals surface area contributed by atoms with Gasteiger partial charge in [-0.05, 0) is 281 Å². The van der Waals surface area contributed by atoms with Crippen LogP contribution in [-0.2, 0) is 48.9 Å². The number of hydrogen-bond donors (Lipinski definition) is 5. The van der Waals surface area contributed by atoms with Crippen molar-refractivity contribution < 1.29 is 83.6 Å². The summed E-state index contributed by atoms with van der Waals surface area (Å²) >= 11 is 19.2. The summed E-state index contributed by atoms with van der Waals surface area (Å²) < 4.78 is 110. The number of hydrogen-bond acceptors (Lipinski definition) is 20. The fourth-order valence-electron chi connectivity index (χ4n) is 11.6. The molecule has 18 rings (SSSR count). The Kier molecular flexibility index (Phi) is 31.9. The minimum Gasteiger partial charge on any atom is -0.553 e. The molecule has 0 bridgehead atoms. The minimum absolute atomic E-state index is 0. The normalized spacial score (nSPS) is 13.5. The van der Waals surface area contributed by atoms with Gasteiger partial charge in [0, 0.05) is 147 Å². The number of rotatable bonds is 9. The van der Waals surface area contributed by atoms with Crippen LogP contribution in [0.5, 0.6) is 0 Å². The minimum atomic E-state index is -3.82. The molecule has 0 atom stereocenters. The molecule has 0 aliphatic carbocycles. The van der Waals surface area contributed by atoms with E-state index in [1.165, 1.54) is 31.0 Å². The molecule has 2 fully saturated rings. The number of nitrogens with one attached hydrogen (secondary N) is 5. The maximum Gasteiger partial charge on any atom is 1.00 e. The summed E-state index contributed by atoms with van der Waals surface area (Å²) in [7, 11) is -11.6. The number of pyridine rings is 5. The van der Waals surface area contributed by atoms with Gasteiger partial charge in [0.2, 0.25) is 0 Å². The first kappa shape index (κ1) is 94.3. The van der Waals surface area contributed by atoms with E-state index in [1.54, 1.807) is 171 Å². The summed E-state index contributed by atoms with van der Waals surface area (Å²) in [6, 6.07) is 38.9. The third kappa shape index (κ3) is 22.2. The molecule has 3 aromatic carbocycles. The van der Waals surface area contributed by atoms with Crippen LogP contribution in [-0.4, -0.2) is 151 Å². The Bertz CT molecular complexity index is 6540. The molecule has 0 saturated carbocycles. The number of aromatic nitrogens is 16. The molecule has 2 saturated heterocycles. The molecule has 15 heterocycles. The van der Waals surface area contributed by atoms with E-state index in [0.717, 1.165) is 106 Å². The van der Waals surface area contributed by atoms with Gasteiger partial charge in [-0.2, -0.15) is 20.0 Å². The number of aromatic amines is 4. The Hall–Kier alpha value is -7.95. The van der Waals surface area contributed by atoms with Gasteiger partial charge < -0.3 is 39.9 Å². The first-order valence-electron chi connectivity index (χ1n) is 36.2. The number of ether oxygens (including phenoxy) is 2. The number of carbonyl (C=O) groups is 1. The van der Waals surface area contributed by atoms with Crippen molar-refractivity contribution in [2.24, 2.45) is 0 Å². The number of carbonyl (C=O) groups excluding carboxylic acids is 1. The van der Waals surface area contributed by atoms with Crippen LogP contribution in [0.2, 0.25) is 0 Å². The molecule has 2 aliphatic rings. The Labute approximate surface area is 770 Å². The average molecular weight is 2130 g/mol. The van der Waals surface area contributed by atoms with E-state index >= 15 is 0 Å². The van der Waals surface area contributed by atoms with Crippen molar-refractivity contribution in [3.63, 3.8) is 0 Å². The van der Waals surface area contributed by atoms with Crippen LogP contribution >= 0.6 is 102 Å². The molecule has 16 aromatic rings. The Morgan fingerprint density at radius 2 is 1.00 bits per heavy atom. The van der Waals surface area contributed by atoms with E-state index in [2.05, 4.69) is 146 Å². The number of fused-ring (bicyclic) bond motifs is 5. The van der Waals surface area contributed by atoms with Gasteiger partial charge in [-0.15, -0.1) is 0 Å². The van der Waals surface area contributed by atoms with Gasteiger partial charge in [0.05, 0.1) is 53.4 Å². The van der Waals surface area contributed by atoms with Gasteiger partial charge in [0.25, 0.3) is 30.1 Å². The van der Waals surface area contributed by atoms with E-state index in [9.17, 15) is 30.0 Å². The maximum absolute atomic E-state index is 13.3. The first-order chi connectivity index (χ1) is 56.5. The van der Waals surface area contributed by atoms with E-state index in [4.69, 9.17) is 29.9 Å². The molecule has 0 spiro atoms. The van der Waals surface area contributed by atoms with Crippen molar-refractivity contribution in [2.75, 3.05) is 13.2 Å². The molecule has 29 nitrogen and oxygen atoms in total. The van der Waals surface area contributed by atoms with E-state index < -0.39 is 60.1 Å². The summed E-state index contributed by atoms with van der Waals surface area (Å²) in [4.78, 5) is 40.0. The zero-order valence-corrected chi connectivity index (χ0v) is 80.9. The van der Waals surface area contributed by atoms with Crippen molar-refractivity contribution >= 4 is 206 Å². The summed E-state index contributed by atoms with van der Waals surface area (Å²) in [5.74, 6) is 4.75. The van der Waals surface area contributed by atoms with Crippen LogP contribution in [0.15, 0.2) is 251 Å².